The largest absolute Gasteiger partial charge is 0.492 e. The summed E-state index contributed by atoms with van der Waals surface area (Å²) in [5.41, 5.74) is 2.15. The maximum absolute atomic E-state index is 5.48. The Hall–Kier alpha value is -1.88. The first kappa shape index (κ1) is 12.6. The Morgan fingerprint density at radius 3 is 2.78 bits per heavy atom. The molecule has 2 rings (SSSR count). The molecule has 96 valence electrons. The fraction of sp³-hybridized carbons (Fsp3) is 0.385. The minimum Gasteiger partial charge on any atom is -0.492 e. The van der Waals surface area contributed by atoms with Gasteiger partial charge in [-0.15, -0.1) is 0 Å². The quantitative estimate of drug-likeness (QED) is 0.869. The Morgan fingerprint density at radius 2 is 2.17 bits per heavy atom. The van der Waals surface area contributed by atoms with Gasteiger partial charge in [-0.2, -0.15) is 0 Å². The Labute approximate surface area is 107 Å². The zero-order valence-corrected chi connectivity index (χ0v) is 10.9. The van der Waals surface area contributed by atoms with E-state index in [-0.39, 0.29) is 6.04 Å². The number of nitrogens with zero attached hydrogens (tertiary/aromatic N) is 3. The van der Waals surface area contributed by atoms with E-state index in [0.717, 1.165) is 17.0 Å². The number of pyridine rings is 1. The Kier molecular flexibility index (Phi) is 3.94. The molecule has 0 aliphatic carbocycles. The van der Waals surface area contributed by atoms with Gasteiger partial charge in [0.25, 0.3) is 0 Å². The van der Waals surface area contributed by atoms with Crippen LogP contribution in [0.2, 0.25) is 0 Å². The van der Waals surface area contributed by atoms with Gasteiger partial charge in [0, 0.05) is 13.2 Å². The molecular weight excluding hydrogens is 228 g/mol. The highest BCUT2D eigenvalue weighted by atomic mass is 16.5. The van der Waals surface area contributed by atoms with Crippen LogP contribution >= 0.6 is 0 Å². The summed E-state index contributed by atoms with van der Waals surface area (Å²) in [6.45, 7) is 2.60. The summed E-state index contributed by atoms with van der Waals surface area (Å²) in [5.74, 6) is 0.789. The van der Waals surface area contributed by atoms with E-state index in [2.05, 4.69) is 15.3 Å². The van der Waals surface area contributed by atoms with Gasteiger partial charge in [-0.1, -0.05) is 0 Å². The molecule has 0 saturated heterocycles. The second kappa shape index (κ2) is 5.64. The van der Waals surface area contributed by atoms with Crippen molar-refractivity contribution in [2.75, 3.05) is 13.7 Å². The van der Waals surface area contributed by atoms with Gasteiger partial charge in [0.2, 0.25) is 0 Å². The monoisotopic (exact) mass is 246 g/mol. The third-order valence-electron chi connectivity index (χ3n) is 2.82. The first-order valence-electron chi connectivity index (χ1n) is 5.97. The van der Waals surface area contributed by atoms with Crippen LogP contribution in [0.3, 0.4) is 0 Å². The maximum atomic E-state index is 5.48. The van der Waals surface area contributed by atoms with Crippen molar-refractivity contribution in [1.82, 2.24) is 19.9 Å². The normalized spacial score (nSPS) is 12.4. The van der Waals surface area contributed by atoms with Crippen LogP contribution in [-0.4, -0.2) is 28.2 Å². The lowest BCUT2D eigenvalue weighted by molar-refractivity contribution is 0.338. The molecule has 5 nitrogen and oxygen atoms in total. The predicted octanol–water partition coefficient (Wildman–Crippen LogP) is 1.52. The van der Waals surface area contributed by atoms with Crippen LogP contribution in [0.15, 0.2) is 31.0 Å². The molecule has 0 amide bonds. The number of hydrogen-bond donors (Lipinski definition) is 1. The number of ether oxygens (including phenoxy) is 1. The molecule has 0 aliphatic rings. The van der Waals surface area contributed by atoms with Gasteiger partial charge in [0.05, 0.1) is 37.1 Å². The van der Waals surface area contributed by atoms with E-state index < -0.39 is 0 Å². The molecule has 1 unspecified atom stereocenters. The van der Waals surface area contributed by atoms with E-state index in [0.29, 0.717) is 6.61 Å². The lowest BCUT2D eigenvalue weighted by Crippen LogP contribution is -2.20. The zero-order chi connectivity index (χ0) is 13.0. The lowest BCUT2D eigenvalue weighted by atomic mass is 10.1. The molecule has 18 heavy (non-hydrogen) atoms. The van der Waals surface area contributed by atoms with Crippen LogP contribution < -0.4 is 10.1 Å². The Balaban J connectivity index is 2.33. The molecule has 2 aromatic heterocycles. The van der Waals surface area contributed by atoms with E-state index in [1.807, 2.05) is 44.0 Å². The van der Waals surface area contributed by atoms with Gasteiger partial charge in [-0.05, 0) is 25.6 Å². The van der Waals surface area contributed by atoms with E-state index in [1.54, 1.807) is 12.5 Å². The summed E-state index contributed by atoms with van der Waals surface area (Å²) < 4.78 is 7.47. The van der Waals surface area contributed by atoms with Crippen LogP contribution in [0.4, 0.5) is 0 Å². The van der Waals surface area contributed by atoms with Crippen LogP contribution in [0.25, 0.3) is 0 Å². The van der Waals surface area contributed by atoms with Crippen molar-refractivity contribution in [2.45, 2.75) is 13.0 Å². The fourth-order valence-electron chi connectivity index (χ4n) is 1.97. The molecule has 5 heteroatoms. The maximum Gasteiger partial charge on any atom is 0.137 e. The molecule has 0 radical (unpaired) electrons. The van der Waals surface area contributed by atoms with Gasteiger partial charge in [-0.3, -0.25) is 4.98 Å². The van der Waals surface area contributed by atoms with E-state index in [9.17, 15) is 0 Å². The molecule has 0 spiro atoms. The van der Waals surface area contributed by atoms with Crippen molar-refractivity contribution < 1.29 is 4.74 Å². The second-order valence-corrected chi connectivity index (χ2v) is 4.04. The molecule has 2 aromatic rings. The average Bonchev–Trinajstić information content (AvgIpc) is 2.78. The highest BCUT2D eigenvalue weighted by molar-refractivity contribution is 5.30. The Morgan fingerprint density at radius 1 is 1.33 bits per heavy atom. The highest BCUT2D eigenvalue weighted by Crippen LogP contribution is 2.23. The molecule has 0 saturated carbocycles. The molecule has 0 aromatic carbocycles. The number of aromatic nitrogens is 3. The van der Waals surface area contributed by atoms with E-state index in [4.69, 9.17) is 4.74 Å². The summed E-state index contributed by atoms with van der Waals surface area (Å²) in [7, 11) is 3.90. The summed E-state index contributed by atoms with van der Waals surface area (Å²) in [6, 6.07) is 2.07. The predicted molar refractivity (Wildman–Crippen MR) is 69.5 cm³/mol. The molecule has 1 atom stereocenters. The highest BCUT2D eigenvalue weighted by Gasteiger charge is 2.16. The average molecular weight is 246 g/mol. The Bertz CT molecular complexity index is 509. The van der Waals surface area contributed by atoms with Crippen molar-refractivity contribution in [3.8, 4) is 5.75 Å². The van der Waals surface area contributed by atoms with Crippen molar-refractivity contribution in [3.05, 3.63) is 42.2 Å². The number of nitrogens with one attached hydrogen (secondary N) is 1. The van der Waals surface area contributed by atoms with Gasteiger partial charge in [0.1, 0.15) is 5.75 Å². The number of rotatable bonds is 5. The molecule has 2 heterocycles. The molecule has 0 bridgehead atoms. The zero-order valence-electron chi connectivity index (χ0n) is 10.9. The lowest BCUT2D eigenvalue weighted by Gasteiger charge is -2.17. The van der Waals surface area contributed by atoms with Crippen LogP contribution in [0.1, 0.15) is 24.2 Å². The van der Waals surface area contributed by atoms with E-state index >= 15 is 0 Å². The minimum absolute atomic E-state index is 0.0606. The topological polar surface area (TPSA) is 52.0 Å². The summed E-state index contributed by atoms with van der Waals surface area (Å²) >= 11 is 0. The van der Waals surface area contributed by atoms with Gasteiger partial charge < -0.3 is 14.6 Å². The molecular formula is C13H18N4O. The first-order valence-corrected chi connectivity index (χ1v) is 5.97. The number of aryl methyl sites for hydroxylation is 1. The number of imidazole rings is 1. The van der Waals surface area contributed by atoms with Crippen molar-refractivity contribution in [3.63, 3.8) is 0 Å². The van der Waals surface area contributed by atoms with E-state index in [1.165, 1.54) is 0 Å². The third kappa shape index (κ3) is 2.51. The van der Waals surface area contributed by atoms with Gasteiger partial charge in [-0.25, -0.2) is 4.98 Å². The number of hydrogen-bond acceptors (Lipinski definition) is 4. The van der Waals surface area contributed by atoms with Crippen LogP contribution in [0.5, 0.6) is 5.75 Å². The van der Waals surface area contributed by atoms with Gasteiger partial charge in [0.15, 0.2) is 0 Å². The third-order valence-corrected chi connectivity index (χ3v) is 2.82. The van der Waals surface area contributed by atoms with Crippen LogP contribution in [0, 0.1) is 0 Å². The molecule has 0 aliphatic heterocycles. The van der Waals surface area contributed by atoms with Crippen molar-refractivity contribution in [1.29, 1.82) is 0 Å². The molecule has 1 N–H and O–H groups in total. The van der Waals surface area contributed by atoms with Crippen LogP contribution in [-0.2, 0) is 7.05 Å². The standard InChI is InChI=1S/C13H18N4O/c1-4-18-11-5-10(6-15-7-11)13(14-2)12-8-16-9-17(12)3/h5-9,13-14H,4H2,1-3H3. The minimum atomic E-state index is 0.0606. The summed E-state index contributed by atoms with van der Waals surface area (Å²) in [5, 5.41) is 3.27. The SMILES string of the molecule is CCOc1cncc(C(NC)c2cncn2C)c1. The van der Waals surface area contributed by atoms with Gasteiger partial charge >= 0.3 is 0 Å². The summed E-state index contributed by atoms with van der Waals surface area (Å²) in [4.78, 5) is 8.36. The second-order valence-electron chi connectivity index (χ2n) is 4.04. The molecule has 0 fully saturated rings. The van der Waals surface area contributed by atoms with Crippen molar-refractivity contribution in [2.24, 2.45) is 7.05 Å². The smallest absolute Gasteiger partial charge is 0.137 e. The summed E-state index contributed by atoms with van der Waals surface area (Å²) in [6.07, 6.45) is 7.22. The fourth-order valence-corrected chi connectivity index (χ4v) is 1.97. The first-order chi connectivity index (χ1) is 8.76. The van der Waals surface area contributed by atoms with Crippen molar-refractivity contribution >= 4 is 0 Å².